The van der Waals surface area contributed by atoms with Crippen molar-refractivity contribution in [1.82, 2.24) is 29.9 Å². The maximum Gasteiger partial charge on any atom is 0.265 e. The molecule has 1 aliphatic carbocycles. The molecule has 3 aromatic carbocycles. The van der Waals surface area contributed by atoms with E-state index in [0.717, 1.165) is 96.1 Å². The summed E-state index contributed by atoms with van der Waals surface area (Å²) in [7, 11) is 1.47. The number of pyridine rings is 1. The topological polar surface area (TPSA) is 130 Å². The van der Waals surface area contributed by atoms with Gasteiger partial charge in [0.25, 0.3) is 11.8 Å². The van der Waals surface area contributed by atoms with Crippen molar-refractivity contribution in [3.8, 4) is 33.8 Å². The van der Waals surface area contributed by atoms with E-state index in [4.69, 9.17) is 9.84 Å². The summed E-state index contributed by atoms with van der Waals surface area (Å²) in [6.07, 6.45) is 8.72. The highest BCUT2D eigenvalue weighted by Gasteiger charge is 2.39. The normalized spacial score (nSPS) is 15.5. The van der Waals surface area contributed by atoms with E-state index in [-0.39, 0.29) is 23.5 Å². The number of fused-ring (bicyclic) bond motifs is 2. The predicted molar refractivity (Wildman–Crippen MR) is 204 cm³/mol. The number of benzene rings is 3. The fourth-order valence-electron chi connectivity index (χ4n) is 7.52. The molecule has 8 rings (SSSR count). The standard InChI is InChI=1S/C42H41N7O5/c1-43-38(51)27-48-41(52)34-5-4-6-37(39(34)42(48)53)54-24-3-2-19-46-20-22-47(23-21-46)31-9-11-32(12-10-31)49-26-35(40(45-49)28-15-17-44-18-16-28)30-7-13-33-29(25-30)8-14-36(33)50/h4-7,9-13,15-18,25-26H,2-3,8,14,19-24,27H2,1H3,(H,43,51). The zero-order valence-corrected chi connectivity index (χ0v) is 30.2. The lowest BCUT2D eigenvalue weighted by Crippen LogP contribution is -2.46. The lowest BCUT2D eigenvalue weighted by Gasteiger charge is -2.36. The molecule has 12 heteroatoms. The van der Waals surface area contributed by atoms with Gasteiger partial charge in [-0.05, 0) is 85.5 Å². The maximum atomic E-state index is 13.0. The van der Waals surface area contributed by atoms with E-state index in [0.29, 0.717) is 18.8 Å². The summed E-state index contributed by atoms with van der Waals surface area (Å²) in [4.78, 5) is 59.8. The number of ether oxygens (including phenoxy) is 1. The Balaban J connectivity index is 0.847. The number of hydrogen-bond acceptors (Lipinski definition) is 9. The molecule has 0 unspecified atom stereocenters. The summed E-state index contributed by atoms with van der Waals surface area (Å²) in [5.74, 6) is -0.793. The van der Waals surface area contributed by atoms with Gasteiger partial charge in [0.15, 0.2) is 5.78 Å². The van der Waals surface area contributed by atoms with Crippen LogP contribution in [0.2, 0.25) is 0 Å². The molecule has 1 N–H and O–H groups in total. The molecule has 2 aliphatic heterocycles. The van der Waals surface area contributed by atoms with E-state index in [2.05, 4.69) is 56.6 Å². The molecule has 0 atom stereocenters. The zero-order chi connectivity index (χ0) is 37.2. The lowest BCUT2D eigenvalue weighted by molar-refractivity contribution is -0.120. The van der Waals surface area contributed by atoms with Crippen LogP contribution in [0, 0.1) is 0 Å². The average Bonchev–Trinajstić information content (AvgIpc) is 3.89. The van der Waals surface area contributed by atoms with Crippen LogP contribution in [0.25, 0.3) is 28.1 Å². The van der Waals surface area contributed by atoms with E-state index in [1.54, 1.807) is 30.6 Å². The van der Waals surface area contributed by atoms with E-state index in [1.807, 2.05) is 28.9 Å². The van der Waals surface area contributed by atoms with Gasteiger partial charge in [0.2, 0.25) is 5.91 Å². The molecular formula is C42H41N7O5. The number of hydrogen-bond donors (Lipinski definition) is 1. The highest BCUT2D eigenvalue weighted by atomic mass is 16.5. The van der Waals surface area contributed by atoms with Gasteiger partial charge in [-0.3, -0.25) is 34.0 Å². The Morgan fingerprint density at radius 1 is 0.796 bits per heavy atom. The highest BCUT2D eigenvalue weighted by Crippen LogP contribution is 2.35. The third kappa shape index (κ3) is 6.88. The molecule has 3 amide bonds. The molecule has 0 saturated carbocycles. The van der Waals surface area contributed by atoms with Crippen LogP contribution in [0.1, 0.15) is 55.9 Å². The van der Waals surface area contributed by atoms with Crippen molar-refractivity contribution in [3.05, 3.63) is 114 Å². The monoisotopic (exact) mass is 723 g/mol. The first-order valence-electron chi connectivity index (χ1n) is 18.4. The van der Waals surface area contributed by atoms with Crippen molar-refractivity contribution < 1.29 is 23.9 Å². The van der Waals surface area contributed by atoms with Gasteiger partial charge < -0.3 is 15.0 Å². The Bertz CT molecular complexity index is 2230. The molecule has 4 heterocycles. The number of carbonyl (C=O) groups excluding carboxylic acids is 4. The average molecular weight is 724 g/mol. The molecule has 1 fully saturated rings. The molecule has 2 aromatic heterocycles. The summed E-state index contributed by atoms with van der Waals surface area (Å²) in [6, 6.07) is 23.6. The molecule has 0 bridgehead atoms. The quantitative estimate of drug-likeness (QED) is 0.139. The van der Waals surface area contributed by atoms with Gasteiger partial charge in [0.1, 0.15) is 18.0 Å². The van der Waals surface area contributed by atoms with Gasteiger partial charge in [-0.1, -0.05) is 24.3 Å². The van der Waals surface area contributed by atoms with Gasteiger partial charge in [0, 0.05) is 80.6 Å². The van der Waals surface area contributed by atoms with Crippen LogP contribution >= 0.6 is 0 Å². The second-order valence-corrected chi connectivity index (χ2v) is 13.8. The fourth-order valence-corrected chi connectivity index (χ4v) is 7.52. The molecule has 0 radical (unpaired) electrons. The molecule has 274 valence electrons. The molecular weight excluding hydrogens is 683 g/mol. The number of amides is 3. The minimum absolute atomic E-state index is 0.215. The van der Waals surface area contributed by atoms with Crippen LogP contribution in [0.5, 0.6) is 5.75 Å². The Morgan fingerprint density at radius 3 is 2.35 bits per heavy atom. The molecule has 5 aromatic rings. The van der Waals surface area contributed by atoms with E-state index < -0.39 is 17.7 Å². The van der Waals surface area contributed by atoms with Crippen molar-refractivity contribution in [2.24, 2.45) is 0 Å². The first kappa shape index (κ1) is 34.9. The smallest absolute Gasteiger partial charge is 0.265 e. The number of imide groups is 1. The number of unbranched alkanes of at least 4 members (excludes halogenated alkanes) is 1. The summed E-state index contributed by atoms with van der Waals surface area (Å²) >= 11 is 0. The largest absolute Gasteiger partial charge is 0.493 e. The predicted octanol–water partition coefficient (Wildman–Crippen LogP) is 5.05. The summed E-state index contributed by atoms with van der Waals surface area (Å²) in [5.41, 5.74) is 8.48. The molecule has 54 heavy (non-hydrogen) atoms. The van der Waals surface area contributed by atoms with Gasteiger partial charge in [0.05, 0.1) is 23.4 Å². The number of likely N-dealkylation sites (N-methyl/N-ethyl adjacent to an activating group) is 1. The van der Waals surface area contributed by atoms with Gasteiger partial charge in [-0.15, -0.1) is 0 Å². The highest BCUT2D eigenvalue weighted by molar-refractivity contribution is 6.23. The SMILES string of the molecule is CNC(=O)CN1C(=O)c2cccc(OCCCCN3CCN(c4ccc(-n5cc(-c6ccc7c(c6)CCC7=O)c(-c6ccncc6)n5)cc4)CC3)c2C1=O. The van der Waals surface area contributed by atoms with Crippen LogP contribution < -0.4 is 15.0 Å². The number of aryl methyl sites for hydroxylation is 1. The number of anilines is 1. The van der Waals surface area contributed by atoms with Gasteiger partial charge >= 0.3 is 0 Å². The zero-order valence-electron chi connectivity index (χ0n) is 30.2. The van der Waals surface area contributed by atoms with Crippen LogP contribution in [0.3, 0.4) is 0 Å². The third-order valence-electron chi connectivity index (χ3n) is 10.5. The van der Waals surface area contributed by atoms with Crippen molar-refractivity contribution >= 4 is 29.2 Å². The summed E-state index contributed by atoms with van der Waals surface area (Å²) < 4.78 is 7.91. The number of carbonyl (C=O) groups is 4. The second kappa shape index (κ2) is 15.1. The fraction of sp³-hybridized carbons (Fsp3) is 0.286. The number of piperazine rings is 1. The van der Waals surface area contributed by atoms with Gasteiger partial charge in [-0.2, -0.15) is 5.10 Å². The molecule has 3 aliphatic rings. The minimum Gasteiger partial charge on any atom is -0.493 e. The maximum absolute atomic E-state index is 13.0. The van der Waals surface area contributed by atoms with Crippen molar-refractivity contribution in [3.63, 3.8) is 0 Å². The third-order valence-corrected chi connectivity index (χ3v) is 10.5. The first-order valence-corrected chi connectivity index (χ1v) is 18.4. The Morgan fingerprint density at radius 2 is 1.57 bits per heavy atom. The summed E-state index contributed by atoms with van der Waals surface area (Å²) in [5, 5.41) is 7.48. The minimum atomic E-state index is -0.502. The van der Waals surface area contributed by atoms with Crippen molar-refractivity contribution in [1.29, 1.82) is 0 Å². The molecule has 1 saturated heterocycles. The van der Waals surface area contributed by atoms with E-state index in [9.17, 15) is 19.2 Å². The number of nitrogens with one attached hydrogen (secondary N) is 1. The van der Waals surface area contributed by atoms with Crippen LogP contribution in [0.4, 0.5) is 5.69 Å². The van der Waals surface area contributed by atoms with E-state index in [1.165, 1.54) is 12.7 Å². The summed E-state index contributed by atoms with van der Waals surface area (Å²) in [6.45, 7) is 4.82. The Hall–Kier alpha value is -6.14. The first-order chi connectivity index (χ1) is 26.4. The van der Waals surface area contributed by atoms with Crippen LogP contribution in [0.15, 0.2) is 91.4 Å². The second-order valence-electron chi connectivity index (χ2n) is 13.8. The van der Waals surface area contributed by atoms with Crippen molar-refractivity contribution in [2.45, 2.75) is 25.7 Å². The molecule has 0 spiro atoms. The Labute approximate surface area is 313 Å². The number of nitrogens with zero attached hydrogens (tertiary/aromatic N) is 6. The van der Waals surface area contributed by atoms with Crippen LogP contribution in [-0.4, -0.2) is 101 Å². The molecule has 12 nitrogen and oxygen atoms in total. The number of ketones is 1. The van der Waals surface area contributed by atoms with Crippen LogP contribution in [-0.2, 0) is 11.2 Å². The Kier molecular flexibility index (Phi) is 9.75. The lowest BCUT2D eigenvalue weighted by atomic mass is 9.98. The van der Waals surface area contributed by atoms with Crippen molar-refractivity contribution in [2.75, 3.05) is 57.8 Å². The number of rotatable bonds is 12. The number of Topliss-reactive ketones (excluding diaryl/α,β-unsaturated/α-hetero) is 1. The number of aromatic nitrogens is 3. The van der Waals surface area contributed by atoms with E-state index >= 15 is 0 Å². The van der Waals surface area contributed by atoms with Gasteiger partial charge in [-0.25, -0.2) is 4.68 Å².